The number of hydrogen-bond donors (Lipinski definition) is 0. The van der Waals surface area contributed by atoms with Crippen molar-refractivity contribution in [3.05, 3.63) is 53.6 Å². The van der Waals surface area contributed by atoms with Crippen LogP contribution in [0.15, 0.2) is 42.5 Å². The van der Waals surface area contributed by atoms with Gasteiger partial charge in [-0.25, -0.2) is 0 Å². The van der Waals surface area contributed by atoms with Crippen molar-refractivity contribution >= 4 is 5.69 Å². The average Bonchev–Trinajstić information content (AvgIpc) is 2.68. The summed E-state index contributed by atoms with van der Waals surface area (Å²) in [5.74, 6) is 0. The number of rotatable bonds is 1. The topological polar surface area (TPSA) is 3.24 Å². The summed E-state index contributed by atoms with van der Waals surface area (Å²) in [5, 5.41) is 0. The molecule has 1 aliphatic heterocycles. The highest BCUT2D eigenvalue weighted by Crippen LogP contribution is 2.41. The Bertz CT molecular complexity index is 621. The largest absolute Gasteiger partial charge is 0.371 e. The van der Waals surface area contributed by atoms with Gasteiger partial charge in [-0.05, 0) is 41.2 Å². The molecule has 4 rings (SSSR count). The van der Waals surface area contributed by atoms with Crippen LogP contribution in [0, 0.1) is 0 Å². The Morgan fingerprint density at radius 3 is 2.30 bits per heavy atom. The van der Waals surface area contributed by atoms with E-state index in [0.717, 1.165) is 6.42 Å². The Hall–Kier alpha value is -1.76. The third-order valence-electron chi connectivity index (χ3n) is 4.77. The lowest BCUT2D eigenvalue weighted by Gasteiger charge is -2.25. The quantitative estimate of drug-likeness (QED) is 0.618. The number of benzene rings is 2. The van der Waals surface area contributed by atoms with E-state index in [-0.39, 0.29) is 0 Å². The van der Waals surface area contributed by atoms with E-state index in [1.807, 2.05) is 0 Å². The maximum Gasteiger partial charge on any atom is 0.0408 e. The highest BCUT2D eigenvalue weighted by Gasteiger charge is 2.23. The van der Waals surface area contributed by atoms with E-state index in [0.29, 0.717) is 0 Å². The molecule has 0 radical (unpaired) electrons. The van der Waals surface area contributed by atoms with E-state index in [1.165, 1.54) is 61.2 Å². The number of anilines is 1. The molecule has 20 heavy (non-hydrogen) atoms. The minimum atomic E-state index is 1.11. The molecule has 0 spiro atoms. The molecule has 2 aromatic carbocycles. The molecule has 1 saturated heterocycles. The molecule has 2 aromatic rings. The molecule has 0 unspecified atom stereocenters. The summed E-state index contributed by atoms with van der Waals surface area (Å²) in [6.45, 7) is 2.46. The summed E-state index contributed by atoms with van der Waals surface area (Å²) in [4.78, 5) is 2.62. The molecule has 1 heterocycles. The van der Waals surface area contributed by atoms with Gasteiger partial charge in [-0.15, -0.1) is 0 Å². The van der Waals surface area contributed by atoms with Gasteiger partial charge in [-0.2, -0.15) is 0 Å². The standard InChI is InChI=1S/C19H21N/c1-2-6-13-20(12-5-1)19-11-7-10-17-16-9-4-3-8-15(16)14-18(17)19/h3-4,7-11H,1-2,5-6,12-14H2. The van der Waals surface area contributed by atoms with E-state index < -0.39 is 0 Å². The van der Waals surface area contributed by atoms with Crippen LogP contribution in [0.2, 0.25) is 0 Å². The van der Waals surface area contributed by atoms with Crippen molar-refractivity contribution in [3.63, 3.8) is 0 Å². The van der Waals surface area contributed by atoms with Gasteiger partial charge in [0.1, 0.15) is 0 Å². The zero-order chi connectivity index (χ0) is 13.4. The van der Waals surface area contributed by atoms with E-state index >= 15 is 0 Å². The molecule has 1 heteroatoms. The monoisotopic (exact) mass is 263 g/mol. The van der Waals surface area contributed by atoms with E-state index in [4.69, 9.17) is 0 Å². The summed E-state index contributed by atoms with van der Waals surface area (Å²) in [6, 6.07) is 15.7. The number of fused-ring (bicyclic) bond motifs is 3. The van der Waals surface area contributed by atoms with Crippen LogP contribution in [-0.2, 0) is 6.42 Å². The molecule has 0 N–H and O–H groups in total. The van der Waals surface area contributed by atoms with Gasteiger partial charge in [0.15, 0.2) is 0 Å². The molecule has 0 aromatic heterocycles. The number of hydrogen-bond acceptors (Lipinski definition) is 1. The van der Waals surface area contributed by atoms with Gasteiger partial charge in [0, 0.05) is 25.2 Å². The van der Waals surface area contributed by atoms with Crippen molar-refractivity contribution in [2.75, 3.05) is 18.0 Å². The molecular formula is C19H21N. The summed E-state index contributed by atoms with van der Waals surface area (Å²) >= 11 is 0. The molecule has 1 aliphatic carbocycles. The van der Waals surface area contributed by atoms with E-state index in [2.05, 4.69) is 47.4 Å². The average molecular weight is 263 g/mol. The maximum atomic E-state index is 2.62. The highest BCUT2D eigenvalue weighted by atomic mass is 15.1. The Morgan fingerprint density at radius 2 is 1.45 bits per heavy atom. The van der Waals surface area contributed by atoms with Crippen LogP contribution in [0.1, 0.15) is 36.8 Å². The van der Waals surface area contributed by atoms with Crippen molar-refractivity contribution in [1.82, 2.24) is 0 Å². The smallest absolute Gasteiger partial charge is 0.0408 e. The van der Waals surface area contributed by atoms with Crippen LogP contribution in [0.3, 0.4) is 0 Å². The minimum absolute atomic E-state index is 1.11. The second-order valence-corrected chi connectivity index (χ2v) is 6.04. The van der Waals surface area contributed by atoms with Crippen LogP contribution in [0.25, 0.3) is 11.1 Å². The molecule has 1 nitrogen and oxygen atoms in total. The van der Waals surface area contributed by atoms with Crippen LogP contribution in [-0.4, -0.2) is 13.1 Å². The second kappa shape index (κ2) is 4.97. The fourth-order valence-electron chi connectivity index (χ4n) is 3.75. The van der Waals surface area contributed by atoms with Crippen LogP contribution < -0.4 is 4.90 Å². The van der Waals surface area contributed by atoms with E-state index in [1.54, 1.807) is 5.56 Å². The predicted octanol–water partition coefficient (Wildman–Crippen LogP) is 4.64. The molecule has 0 bridgehead atoms. The van der Waals surface area contributed by atoms with Gasteiger partial charge < -0.3 is 4.90 Å². The van der Waals surface area contributed by atoms with Crippen LogP contribution >= 0.6 is 0 Å². The molecule has 1 fully saturated rings. The van der Waals surface area contributed by atoms with Crippen molar-refractivity contribution in [2.45, 2.75) is 32.1 Å². The molecular weight excluding hydrogens is 242 g/mol. The molecule has 2 aliphatic rings. The first-order valence-corrected chi connectivity index (χ1v) is 7.88. The maximum absolute atomic E-state index is 2.62. The first-order chi connectivity index (χ1) is 9.93. The Kier molecular flexibility index (Phi) is 2.99. The van der Waals surface area contributed by atoms with Crippen molar-refractivity contribution in [3.8, 4) is 11.1 Å². The fraction of sp³-hybridized carbons (Fsp3) is 0.368. The predicted molar refractivity (Wildman–Crippen MR) is 85.4 cm³/mol. The van der Waals surface area contributed by atoms with Gasteiger partial charge in [0.05, 0.1) is 0 Å². The molecule has 0 atom stereocenters. The molecule has 0 amide bonds. The summed E-state index contributed by atoms with van der Waals surface area (Å²) in [5.41, 5.74) is 7.43. The summed E-state index contributed by atoms with van der Waals surface area (Å²) < 4.78 is 0. The van der Waals surface area contributed by atoms with Crippen molar-refractivity contribution < 1.29 is 0 Å². The third kappa shape index (κ3) is 1.93. The Morgan fingerprint density at radius 1 is 0.700 bits per heavy atom. The van der Waals surface area contributed by atoms with E-state index in [9.17, 15) is 0 Å². The van der Waals surface area contributed by atoms with Crippen LogP contribution in [0.4, 0.5) is 5.69 Å². The summed E-state index contributed by atoms with van der Waals surface area (Å²) in [7, 11) is 0. The van der Waals surface area contributed by atoms with Crippen molar-refractivity contribution in [2.24, 2.45) is 0 Å². The van der Waals surface area contributed by atoms with Gasteiger partial charge in [0.2, 0.25) is 0 Å². The fourth-order valence-corrected chi connectivity index (χ4v) is 3.75. The SMILES string of the molecule is c1ccc2c(c1)Cc1c-2cccc1N1CCCCCC1. The van der Waals surface area contributed by atoms with Gasteiger partial charge in [0.25, 0.3) is 0 Å². The zero-order valence-corrected chi connectivity index (χ0v) is 11.9. The lowest BCUT2D eigenvalue weighted by atomic mass is 10.0. The first kappa shape index (κ1) is 12.0. The van der Waals surface area contributed by atoms with Gasteiger partial charge in [-0.3, -0.25) is 0 Å². The third-order valence-corrected chi connectivity index (χ3v) is 4.77. The van der Waals surface area contributed by atoms with Crippen molar-refractivity contribution in [1.29, 1.82) is 0 Å². The highest BCUT2D eigenvalue weighted by molar-refractivity contribution is 5.82. The first-order valence-electron chi connectivity index (χ1n) is 7.88. The molecule has 0 saturated carbocycles. The number of nitrogens with zero attached hydrogens (tertiary/aromatic N) is 1. The minimum Gasteiger partial charge on any atom is -0.371 e. The lowest BCUT2D eigenvalue weighted by Crippen LogP contribution is -2.24. The molecule has 102 valence electrons. The Labute approximate surface area is 121 Å². The van der Waals surface area contributed by atoms with Gasteiger partial charge in [-0.1, -0.05) is 49.2 Å². The lowest BCUT2D eigenvalue weighted by molar-refractivity contribution is 0.726. The Balaban J connectivity index is 1.77. The normalized spacial score (nSPS) is 17.5. The van der Waals surface area contributed by atoms with Crippen LogP contribution in [0.5, 0.6) is 0 Å². The zero-order valence-electron chi connectivity index (χ0n) is 11.9. The second-order valence-electron chi connectivity index (χ2n) is 6.04. The van der Waals surface area contributed by atoms with Gasteiger partial charge >= 0.3 is 0 Å². The summed E-state index contributed by atoms with van der Waals surface area (Å²) in [6.07, 6.45) is 6.59.